The number of benzene rings is 1. The first-order chi connectivity index (χ1) is 10.5. The second-order valence-electron chi connectivity index (χ2n) is 4.41. The second kappa shape index (κ2) is 8.17. The summed E-state index contributed by atoms with van der Waals surface area (Å²) >= 11 is 12.7. The molecule has 0 aliphatic rings. The Balaban J connectivity index is 1.69. The number of rotatable bonds is 6. The van der Waals surface area contributed by atoms with Crippen molar-refractivity contribution >= 4 is 46.4 Å². The summed E-state index contributed by atoms with van der Waals surface area (Å²) in [6.07, 6.45) is 0.654. The van der Waals surface area contributed by atoms with Crippen LogP contribution in [0.4, 0.5) is 0 Å². The number of hydrogen-bond acceptors (Lipinski definition) is 4. The molecule has 1 heterocycles. The van der Waals surface area contributed by atoms with Crippen LogP contribution in [0.5, 0.6) is 0 Å². The predicted octanol–water partition coefficient (Wildman–Crippen LogP) is 3.57. The Morgan fingerprint density at radius 3 is 2.68 bits per heavy atom. The van der Waals surface area contributed by atoms with Gasteiger partial charge in [0.25, 0.3) is 5.91 Å². The standard InChI is InChI=1S/C15H13Cl2NO3S/c16-11-3-1-2-10(8-11)6-7-18-14(19)9-21-15(20)12-4-5-13(17)22-12/h1-5,8H,6-7,9H2,(H,18,19). The molecule has 1 N–H and O–H groups in total. The van der Waals surface area contributed by atoms with Gasteiger partial charge in [0, 0.05) is 11.6 Å². The minimum absolute atomic E-state index is 0.316. The average Bonchev–Trinajstić information content (AvgIpc) is 2.91. The number of ether oxygens (including phenoxy) is 1. The molecule has 0 bridgehead atoms. The number of carbonyl (C=O) groups excluding carboxylic acids is 2. The van der Waals surface area contributed by atoms with Gasteiger partial charge in [0.2, 0.25) is 0 Å². The fourth-order valence-electron chi connectivity index (χ4n) is 1.72. The molecule has 4 nitrogen and oxygen atoms in total. The third-order valence-corrected chi connectivity index (χ3v) is 4.18. The molecule has 0 unspecified atom stereocenters. The van der Waals surface area contributed by atoms with Crippen LogP contribution in [0.2, 0.25) is 9.36 Å². The lowest BCUT2D eigenvalue weighted by molar-refractivity contribution is -0.124. The molecule has 2 aromatic rings. The van der Waals surface area contributed by atoms with Gasteiger partial charge < -0.3 is 10.1 Å². The van der Waals surface area contributed by atoms with Crippen molar-refractivity contribution in [3.8, 4) is 0 Å². The highest BCUT2D eigenvalue weighted by atomic mass is 35.5. The van der Waals surface area contributed by atoms with E-state index in [0.717, 1.165) is 16.9 Å². The van der Waals surface area contributed by atoms with E-state index >= 15 is 0 Å². The molecule has 2 rings (SSSR count). The van der Waals surface area contributed by atoms with E-state index in [4.69, 9.17) is 27.9 Å². The van der Waals surface area contributed by atoms with Crippen LogP contribution in [0, 0.1) is 0 Å². The first-order valence-corrected chi connectivity index (χ1v) is 8.05. The fraction of sp³-hybridized carbons (Fsp3) is 0.200. The molecule has 1 aromatic carbocycles. The summed E-state index contributed by atoms with van der Waals surface area (Å²) in [6.45, 7) is 0.130. The highest BCUT2D eigenvalue weighted by Gasteiger charge is 2.12. The normalized spacial score (nSPS) is 10.3. The van der Waals surface area contributed by atoms with Gasteiger partial charge >= 0.3 is 5.97 Å². The van der Waals surface area contributed by atoms with Crippen LogP contribution in [0.25, 0.3) is 0 Å². The zero-order valence-electron chi connectivity index (χ0n) is 11.5. The van der Waals surface area contributed by atoms with Crippen molar-refractivity contribution in [1.82, 2.24) is 5.32 Å². The van der Waals surface area contributed by atoms with Gasteiger partial charge in [0.05, 0.1) is 4.34 Å². The van der Waals surface area contributed by atoms with Gasteiger partial charge in [-0.25, -0.2) is 4.79 Å². The maximum absolute atomic E-state index is 11.6. The fourth-order valence-corrected chi connectivity index (χ4v) is 2.87. The Hall–Kier alpha value is -1.56. The molecule has 116 valence electrons. The van der Waals surface area contributed by atoms with Gasteiger partial charge in [-0.15, -0.1) is 11.3 Å². The summed E-state index contributed by atoms with van der Waals surface area (Å²) in [5, 5.41) is 3.34. The largest absolute Gasteiger partial charge is 0.451 e. The quantitative estimate of drug-likeness (QED) is 0.804. The lowest BCUT2D eigenvalue weighted by atomic mass is 10.1. The third-order valence-electron chi connectivity index (χ3n) is 2.73. The Labute approximate surface area is 142 Å². The smallest absolute Gasteiger partial charge is 0.348 e. The molecule has 0 saturated carbocycles. The molecule has 1 aromatic heterocycles. The molecule has 0 fully saturated rings. The van der Waals surface area contributed by atoms with Gasteiger partial charge in [-0.05, 0) is 36.2 Å². The zero-order chi connectivity index (χ0) is 15.9. The van der Waals surface area contributed by atoms with E-state index in [2.05, 4.69) is 5.32 Å². The molecule has 0 saturated heterocycles. The minimum atomic E-state index is -0.554. The summed E-state index contributed by atoms with van der Waals surface area (Å²) < 4.78 is 5.40. The van der Waals surface area contributed by atoms with Gasteiger partial charge in [-0.2, -0.15) is 0 Å². The van der Waals surface area contributed by atoms with Crippen LogP contribution in [0.15, 0.2) is 36.4 Å². The number of halogens is 2. The van der Waals surface area contributed by atoms with Crippen LogP contribution in [-0.4, -0.2) is 25.0 Å². The van der Waals surface area contributed by atoms with Gasteiger partial charge in [0.15, 0.2) is 6.61 Å². The lowest BCUT2D eigenvalue weighted by Crippen LogP contribution is -2.30. The van der Waals surface area contributed by atoms with Gasteiger partial charge in [0.1, 0.15) is 4.88 Å². The maximum atomic E-state index is 11.6. The van der Waals surface area contributed by atoms with Crippen molar-refractivity contribution in [2.75, 3.05) is 13.2 Å². The van der Waals surface area contributed by atoms with E-state index in [-0.39, 0.29) is 12.5 Å². The molecular formula is C15H13Cl2NO3S. The highest BCUT2D eigenvalue weighted by Crippen LogP contribution is 2.21. The number of carbonyl (C=O) groups is 2. The van der Waals surface area contributed by atoms with E-state index < -0.39 is 5.97 Å². The van der Waals surface area contributed by atoms with Crippen LogP contribution in [-0.2, 0) is 16.0 Å². The molecule has 1 amide bonds. The summed E-state index contributed by atoms with van der Waals surface area (Å²) in [5.41, 5.74) is 1.03. The number of amides is 1. The SMILES string of the molecule is O=C(COC(=O)c1ccc(Cl)s1)NCCc1cccc(Cl)c1. The molecule has 7 heteroatoms. The van der Waals surface area contributed by atoms with Crippen LogP contribution in [0.1, 0.15) is 15.2 Å². The Bertz CT molecular complexity index is 672. The Morgan fingerprint density at radius 2 is 2.00 bits per heavy atom. The molecule has 22 heavy (non-hydrogen) atoms. The number of nitrogens with one attached hydrogen (secondary N) is 1. The van der Waals surface area contributed by atoms with Crippen molar-refractivity contribution in [2.45, 2.75) is 6.42 Å². The first kappa shape index (κ1) is 16.8. The van der Waals surface area contributed by atoms with Crippen LogP contribution in [0.3, 0.4) is 0 Å². The zero-order valence-corrected chi connectivity index (χ0v) is 13.8. The number of hydrogen-bond donors (Lipinski definition) is 1. The van der Waals surface area contributed by atoms with E-state index in [0.29, 0.717) is 27.2 Å². The van der Waals surface area contributed by atoms with E-state index in [1.807, 2.05) is 18.2 Å². The van der Waals surface area contributed by atoms with Gasteiger partial charge in [-0.1, -0.05) is 35.3 Å². The molecule has 0 aliphatic carbocycles. The highest BCUT2D eigenvalue weighted by molar-refractivity contribution is 7.17. The van der Waals surface area contributed by atoms with E-state index in [9.17, 15) is 9.59 Å². The minimum Gasteiger partial charge on any atom is -0.451 e. The third kappa shape index (κ3) is 5.33. The summed E-state index contributed by atoms with van der Waals surface area (Å²) in [6, 6.07) is 10.6. The van der Waals surface area contributed by atoms with Crippen molar-refractivity contribution < 1.29 is 14.3 Å². The molecule has 0 aliphatic heterocycles. The van der Waals surface area contributed by atoms with Gasteiger partial charge in [-0.3, -0.25) is 4.79 Å². The Kier molecular flexibility index (Phi) is 6.24. The molecule has 0 radical (unpaired) electrons. The van der Waals surface area contributed by atoms with Crippen molar-refractivity contribution in [3.05, 3.63) is 56.2 Å². The van der Waals surface area contributed by atoms with Crippen molar-refractivity contribution in [2.24, 2.45) is 0 Å². The second-order valence-corrected chi connectivity index (χ2v) is 6.56. The predicted molar refractivity (Wildman–Crippen MR) is 87.8 cm³/mol. The Morgan fingerprint density at radius 1 is 1.18 bits per heavy atom. The average molecular weight is 358 g/mol. The van der Waals surface area contributed by atoms with Crippen LogP contribution < -0.4 is 5.32 Å². The lowest BCUT2D eigenvalue weighted by Gasteiger charge is -2.06. The molecule has 0 spiro atoms. The molecular weight excluding hydrogens is 345 g/mol. The summed E-state index contributed by atoms with van der Waals surface area (Å²) in [5.74, 6) is -0.903. The number of esters is 1. The summed E-state index contributed by atoms with van der Waals surface area (Å²) in [7, 11) is 0. The topological polar surface area (TPSA) is 55.4 Å². The first-order valence-electron chi connectivity index (χ1n) is 6.48. The molecule has 0 atom stereocenters. The summed E-state index contributed by atoms with van der Waals surface area (Å²) in [4.78, 5) is 23.6. The monoisotopic (exact) mass is 357 g/mol. The van der Waals surface area contributed by atoms with Crippen molar-refractivity contribution in [1.29, 1.82) is 0 Å². The van der Waals surface area contributed by atoms with Crippen molar-refractivity contribution in [3.63, 3.8) is 0 Å². The maximum Gasteiger partial charge on any atom is 0.348 e. The number of thiophene rings is 1. The van der Waals surface area contributed by atoms with E-state index in [1.54, 1.807) is 18.2 Å². The van der Waals surface area contributed by atoms with E-state index in [1.165, 1.54) is 0 Å². The van der Waals surface area contributed by atoms with Crippen LogP contribution >= 0.6 is 34.5 Å².